The third-order valence-corrected chi connectivity index (χ3v) is 12.2. The van der Waals surface area contributed by atoms with Crippen molar-refractivity contribution >= 4 is 45.6 Å². The molecule has 13 heteroatoms. The van der Waals surface area contributed by atoms with Crippen molar-refractivity contribution in [2.45, 2.75) is 63.8 Å². The highest BCUT2D eigenvalue weighted by Gasteiger charge is 2.71. The second kappa shape index (κ2) is 6.46. The van der Waals surface area contributed by atoms with Crippen molar-refractivity contribution in [2.75, 3.05) is 7.11 Å². The summed E-state index contributed by atoms with van der Waals surface area (Å²) in [5.74, 6) is -2.34. The number of hydrogen-bond acceptors (Lipinski definition) is 9. The lowest BCUT2D eigenvalue weighted by Gasteiger charge is -2.63. The molecule has 4 bridgehead atoms. The van der Waals surface area contributed by atoms with Crippen LogP contribution in [0.25, 0.3) is 0 Å². The van der Waals surface area contributed by atoms with E-state index in [4.69, 9.17) is 18.8 Å². The summed E-state index contributed by atoms with van der Waals surface area (Å²) >= 11 is 3.21. The summed E-state index contributed by atoms with van der Waals surface area (Å²) in [4.78, 5) is 24.3. The average Bonchev–Trinajstić information content (AvgIpc) is 3.16. The van der Waals surface area contributed by atoms with E-state index in [0.717, 1.165) is 12.8 Å². The summed E-state index contributed by atoms with van der Waals surface area (Å²) in [7, 11) is -4.43. The van der Waals surface area contributed by atoms with Crippen LogP contribution in [0.2, 0.25) is 0 Å². The fourth-order valence-electron chi connectivity index (χ4n) is 6.11. The number of carbonyl (C=O) groups excluding carboxylic acids is 2. The van der Waals surface area contributed by atoms with Gasteiger partial charge in [-0.05, 0) is 49.9 Å². The molecule has 6 aliphatic rings. The second-order valence-electron chi connectivity index (χ2n) is 8.79. The molecule has 2 heterocycles. The smallest absolute Gasteiger partial charge is 0.454 e. The molecular formula is C17H20F2O8S3. The lowest BCUT2D eigenvalue weighted by Crippen LogP contribution is -2.62. The number of cyclic esters (lactones) is 1. The topological polar surface area (TPSA) is 116 Å². The number of halogens is 2. The number of ether oxygens (including phenoxy) is 3. The summed E-state index contributed by atoms with van der Waals surface area (Å²) < 4.78 is 73.6. The van der Waals surface area contributed by atoms with E-state index in [1.807, 2.05) is 0 Å². The van der Waals surface area contributed by atoms with Gasteiger partial charge in [0.05, 0.1) is 9.33 Å². The van der Waals surface area contributed by atoms with E-state index in [-0.39, 0.29) is 38.3 Å². The molecule has 168 valence electrons. The van der Waals surface area contributed by atoms with Gasteiger partial charge in [-0.2, -0.15) is 17.2 Å². The van der Waals surface area contributed by atoms with Crippen molar-refractivity contribution in [3.05, 3.63) is 0 Å². The molecule has 8 nitrogen and oxygen atoms in total. The Kier molecular flexibility index (Phi) is 4.57. The maximum absolute atomic E-state index is 13.8. The number of rotatable bonds is 4. The Morgan fingerprint density at radius 3 is 2.43 bits per heavy atom. The van der Waals surface area contributed by atoms with Crippen LogP contribution < -0.4 is 0 Å². The SMILES string of the molecule is COC1OC(=O)C2SC3(SC12)C1CC2CC3CC(OC(=O)C(F)(F)S(=O)(=O)O)(C2)C1. The van der Waals surface area contributed by atoms with Crippen LogP contribution in [0.4, 0.5) is 8.78 Å². The Balaban J connectivity index is 1.40. The van der Waals surface area contributed by atoms with E-state index >= 15 is 0 Å². The second-order valence-corrected chi connectivity index (χ2v) is 13.4. The predicted molar refractivity (Wildman–Crippen MR) is 101 cm³/mol. The third-order valence-electron chi connectivity index (χ3n) is 7.04. The van der Waals surface area contributed by atoms with E-state index < -0.39 is 33.2 Å². The molecule has 0 aromatic rings. The first-order valence-electron chi connectivity index (χ1n) is 9.58. The molecule has 4 saturated carbocycles. The zero-order valence-electron chi connectivity index (χ0n) is 15.8. The molecule has 2 aliphatic heterocycles. The van der Waals surface area contributed by atoms with Gasteiger partial charge in [-0.15, -0.1) is 23.5 Å². The Bertz CT molecular complexity index is 893. The molecule has 2 saturated heterocycles. The van der Waals surface area contributed by atoms with Gasteiger partial charge in [0, 0.05) is 7.11 Å². The minimum atomic E-state index is -5.91. The van der Waals surface area contributed by atoms with Crippen molar-refractivity contribution in [1.29, 1.82) is 0 Å². The van der Waals surface area contributed by atoms with Crippen LogP contribution in [-0.2, 0) is 33.9 Å². The summed E-state index contributed by atoms with van der Waals surface area (Å²) in [5, 5.41) is -5.52. The fourth-order valence-corrected chi connectivity index (χ4v) is 10.8. The first-order valence-corrected chi connectivity index (χ1v) is 12.8. The molecule has 6 fully saturated rings. The molecule has 30 heavy (non-hydrogen) atoms. The van der Waals surface area contributed by atoms with Gasteiger partial charge in [0.1, 0.15) is 10.9 Å². The number of fused-ring (bicyclic) bond motifs is 1. The zero-order chi connectivity index (χ0) is 21.7. The lowest BCUT2D eigenvalue weighted by atomic mass is 9.53. The summed E-state index contributed by atoms with van der Waals surface area (Å²) in [6.45, 7) is 0. The highest BCUT2D eigenvalue weighted by atomic mass is 32.2. The van der Waals surface area contributed by atoms with Crippen LogP contribution in [0.15, 0.2) is 0 Å². The molecule has 1 N–H and O–H groups in total. The molecule has 1 spiro atoms. The number of hydrogen-bond donors (Lipinski definition) is 1. The molecule has 4 aliphatic carbocycles. The van der Waals surface area contributed by atoms with Crippen LogP contribution >= 0.6 is 23.5 Å². The quantitative estimate of drug-likeness (QED) is 0.467. The zero-order valence-corrected chi connectivity index (χ0v) is 18.2. The van der Waals surface area contributed by atoms with Gasteiger partial charge in [-0.1, -0.05) is 0 Å². The number of thioether (sulfide) groups is 2. The first kappa shape index (κ1) is 21.2. The Hall–Kier alpha value is -0.630. The van der Waals surface area contributed by atoms with E-state index in [1.54, 1.807) is 23.5 Å². The van der Waals surface area contributed by atoms with E-state index in [2.05, 4.69) is 0 Å². The average molecular weight is 487 g/mol. The van der Waals surface area contributed by atoms with Crippen molar-refractivity contribution < 1.29 is 45.6 Å². The fraction of sp³-hybridized carbons (Fsp3) is 0.882. The molecular weight excluding hydrogens is 466 g/mol. The molecule has 5 atom stereocenters. The third kappa shape index (κ3) is 2.81. The van der Waals surface area contributed by atoms with Gasteiger partial charge in [-0.25, -0.2) is 4.79 Å². The Morgan fingerprint density at radius 1 is 1.23 bits per heavy atom. The molecule has 5 unspecified atom stereocenters. The van der Waals surface area contributed by atoms with Crippen molar-refractivity contribution in [3.63, 3.8) is 0 Å². The molecule has 0 aromatic carbocycles. The molecule has 0 radical (unpaired) electrons. The number of carbonyl (C=O) groups is 2. The van der Waals surface area contributed by atoms with Gasteiger partial charge in [0.15, 0.2) is 0 Å². The Morgan fingerprint density at radius 2 is 1.87 bits per heavy atom. The van der Waals surface area contributed by atoms with Gasteiger partial charge in [0.25, 0.3) is 0 Å². The highest BCUT2D eigenvalue weighted by Crippen LogP contribution is 2.73. The lowest BCUT2D eigenvalue weighted by molar-refractivity contribution is -0.201. The van der Waals surface area contributed by atoms with Crippen molar-refractivity contribution in [2.24, 2.45) is 17.8 Å². The van der Waals surface area contributed by atoms with Gasteiger partial charge in [0.2, 0.25) is 6.29 Å². The van der Waals surface area contributed by atoms with Crippen molar-refractivity contribution in [1.82, 2.24) is 0 Å². The van der Waals surface area contributed by atoms with Crippen molar-refractivity contribution in [3.8, 4) is 0 Å². The number of esters is 2. The van der Waals surface area contributed by atoms with E-state index in [0.29, 0.717) is 19.3 Å². The normalized spacial score (nSPS) is 46.9. The van der Waals surface area contributed by atoms with Gasteiger partial charge < -0.3 is 14.2 Å². The number of alkyl halides is 2. The summed E-state index contributed by atoms with van der Waals surface area (Å²) in [6.07, 6.45) is 2.07. The Labute approximate surface area is 179 Å². The summed E-state index contributed by atoms with van der Waals surface area (Å²) in [6, 6.07) is 0. The first-order chi connectivity index (χ1) is 13.9. The summed E-state index contributed by atoms with van der Waals surface area (Å²) in [5.41, 5.74) is -1.17. The minimum absolute atomic E-state index is 0.0156. The van der Waals surface area contributed by atoms with Gasteiger partial charge >= 0.3 is 27.3 Å². The highest BCUT2D eigenvalue weighted by molar-refractivity contribution is 8.22. The van der Waals surface area contributed by atoms with Crippen LogP contribution in [-0.4, -0.2) is 63.7 Å². The maximum Gasteiger partial charge on any atom is 0.465 e. The standard InChI is InChI=1S/C17H20F2O8S3/c1-25-13-11-10(12(20)26-13)28-16(29-11)8-2-7-3-9(16)6-15(4-7,5-8)27-14(21)17(18,19)30(22,23)24/h7-11,13H,2-6H2,1H3,(H,22,23,24). The van der Waals surface area contributed by atoms with Gasteiger partial charge in [-0.3, -0.25) is 9.35 Å². The molecule has 0 aromatic heterocycles. The monoisotopic (exact) mass is 486 g/mol. The van der Waals surface area contributed by atoms with Crippen LogP contribution in [0.1, 0.15) is 32.1 Å². The van der Waals surface area contributed by atoms with Crippen LogP contribution in [0, 0.1) is 17.8 Å². The molecule has 0 amide bonds. The number of methoxy groups -OCH3 is 1. The molecule has 6 rings (SSSR count). The van der Waals surface area contributed by atoms with E-state index in [1.165, 1.54) is 7.11 Å². The largest absolute Gasteiger partial charge is 0.465 e. The van der Waals surface area contributed by atoms with Crippen LogP contribution in [0.3, 0.4) is 0 Å². The van der Waals surface area contributed by atoms with E-state index in [9.17, 15) is 26.8 Å². The minimum Gasteiger partial charge on any atom is -0.454 e. The van der Waals surface area contributed by atoms with Crippen LogP contribution in [0.5, 0.6) is 0 Å². The predicted octanol–water partition coefficient (Wildman–Crippen LogP) is 2.03. The maximum atomic E-state index is 13.8.